The van der Waals surface area contributed by atoms with Crippen LogP contribution in [0.1, 0.15) is 63.9 Å². The summed E-state index contributed by atoms with van der Waals surface area (Å²) in [5.41, 5.74) is 3.01. The van der Waals surface area contributed by atoms with Crippen LogP contribution in [0.15, 0.2) is 47.0 Å². The molecular weight excluding hydrogens is 582 g/mol. The first-order valence-corrected chi connectivity index (χ1v) is 13.6. The molecule has 4 N–H and O–H groups in total. The molecule has 3 fully saturated rings. The SMILES string of the molecule is NC(=C1CCC(C(=O)N2CC(O)C2)CC1=NC(=O)c1c(Cl)cccc1C1(C(F)(F)F)CC1)c1ccc(C(=O)O)cc1F. The molecule has 5 rings (SSSR count). The Labute approximate surface area is 242 Å². The largest absolute Gasteiger partial charge is 0.478 e. The van der Waals surface area contributed by atoms with Crippen molar-refractivity contribution in [3.05, 3.63) is 75.1 Å². The van der Waals surface area contributed by atoms with Gasteiger partial charge in [0.25, 0.3) is 5.91 Å². The number of benzene rings is 2. The summed E-state index contributed by atoms with van der Waals surface area (Å²) in [5, 5.41) is 18.6. The van der Waals surface area contributed by atoms with Crippen molar-refractivity contribution in [2.75, 3.05) is 13.1 Å². The number of carboxylic acid groups (broad SMARTS) is 1. The van der Waals surface area contributed by atoms with Crippen molar-refractivity contribution in [1.82, 2.24) is 4.90 Å². The second-order valence-corrected chi connectivity index (χ2v) is 11.2. The number of carbonyl (C=O) groups excluding carboxylic acids is 2. The topological polar surface area (TPSA) is 133 Å². The van der Waals surface area contributed by atoms with E-state index in [1.165, 1.54) is 29.2 Å². The summed E-state index contributed by atoms with van der Waals surface area (Å²) in [6, 6.07) is 6.94. The van der Waals surface area contributed by atoms with Crippen molar-refractivity contribution in [3.8, 4) is 0 Å². The number of aliphatic imine (C=N–C) groups is 1. The Morgan fingerprint density at radius 3 is 2.38 bits per heavy atom. The van der Waals surface area contributed by atoms with Gasteiger partial charge in [0.1, 0.15) is 5.82 Å². The number of hydrogen-bond acceptors (Lipinski definition) is 5. The zero-order chi connectivity index (χ0) is 30.6. The second-order valence-electron chi connectivity index (χ2n) is 10.8. The molecule has 2 amide bonds. The van der Waals surface area contributed by atoms with E-state index in [4.69, 9.17) is 22.4 Å². The molecule has 1 heterocycles. The summed E-state index contributed by atoms with van der Waals surface area (Å²) in [6.45, 7) is 0.296. The van der Waals surface area contributed by atoms with E-state index >= 15 is 0 Å². The van der Waals surface area contributed by atoms with E-state index in [0.29, 0.717) is 0 Å². The number of aromatic carboxylic acids is 1. The van der Waals surface area contributed by atoms with E-state index in [1.54, 1.807) is 0 Å². The summed E-state index contributed by atoms with van der Waals surface area (Å²) >= 11 is 6.27. The zero-order valence-corrected chi connectivity index (χ0v) is 22.8. The van der Waals surface area contributed by atoms with Crippen LogP contribution in [0.3, 0.4) is 0 Å². The van der Waals surface area contributed by atoms with Crippen molar-refractivity contribution >= 4 is 40.8 Å². The van der Waals surface area contributed by atoms with E-state index in [0.717, 1.165) is 12.1 Å². The van der Waals surface area contributed by atoms with Gasteiger partial charge >= 0.3 is 12.1 Å². The van der Waals surface area contributed by atoms with E-state index in [2.05, 4.69) is 4.99 Å². The molecule has 13 heteroatoms. The molecule has 1 unspecified atom stereocenters. The van der Waals surface area contributed by atoms with Crippen LogP contribution >= 0.6 is 11.6 Å². The van der Waals surface area contributed by atoms with Crippen LogP contribution < -0.4 is 5.73 Å². The number of aliphatic hydroxyl groups excluding tert-OH is 1. The molecule has 0 aromatic heterocycles. The number of β-amino-alcohol motifs (C(OH)–C–C–N with tert-alkyl or cyclic N) is 1. The van der Waals surface area contributed by atoms with Gasteiger partial charge < -0.3 is 20.8 Å². The highest BCUT2D eigenvalue weighted by atomic mass is 35.5. The van der Waals surface area contributed by atoms with Gasteiger partial charge in [-0.3, -0.25) is 9.59 Å². The summed E-state index contributed by atoms with van der Waals surface area (Å²) < 4.78 is 57.0. The maximum Gasteiger partial charge on any atom is 0.398 e. The Morgan fingerprint density at radius 1 is 1.12 bits per heavy atom. The average Bonchev–Trinajstić information content (AvgIpc) is 3.73. The highest BCUT2D eigenvalue weighted by Crippen LogP contribution is 2.60. The summed E-state index contributed by atoms with van der Waals surface area (Å²) in [6.07, 6.45) is -5.49. The van der Waals surface area contributed by atoms with Gasteiger partial charge in [-0.15, -0.1) is 0 Å². The summed E-state index contributed by atoms with van der Waals surface area (Å²) in [7, 11) is 0. The van der Waals surface area contributed by atoms with Gasteiger partial charge in [-0.1, -0.05) is 23.7 Å². The fourth-order valence-corrected chi connectivity index (χ4v) is 5.86. The second kappa shape index (κ2) is 10.8. The number of carboxylic acids is 1. The maximum atomic E-state index is 14.9. The van der Waals surface area contributed by atoms with Crippen LogP contribution in [0.25, 0.3) is 5.70 Å². The number of nitrogens with zero attached hydrogens (tertiary/aromatic N) is 2. The lowest BCUT2D eigenvalue weighted by Crippen LogP contribution is -2.55. The number of carbonyl (C=O) groups is 3. The summed E-state index contributed by atoms with van der Waals surface area (Å²) in [5.74, 6) is -4.30. The van der Waals surface area contributed by atoms with E-state index < -0.39 is 46.9 Å². The number of aliphatic hydroxyl groups is 1. The number of amides is 2. The highest BCUT2D eigenvalue weighted by Gasteiger charge is 2.65. The molecule has 0 bridgehead atoms. The van der Waals surface area contributed by atoms with Gasteiger partial charge in [0.05, 0.1) is 33.4 Å². The first kappa shape index (κ1) is 29.7. The van der Waals surface area contributed by atoms with Crippen LogP contribution in [0, 0.1) is 11.7 Å². The smallest absolute Gasteiger partial charge is 0.398 e. The molecule has 2 saturated carbocycles. The lowest BCUT2D eigenvalue weighted by Gasteiger charge is -2.39. The molecule has 1 aliphatic heterocycles. The molecule has 8 nitrogen and oxygen atoms in total. The van der Waals surface area contributed by atoms with Crippen LogP contribution in [0.5, 0.6) is 0 Å². The third kappa shape index (κ3) is 5.29. The van der Waals surface area contributed by atoms with Gasteiger partial charge in [0.15, 0.2) is 0 Å². The number of rotatable bonds is 5. The lowest BCUT2D eigenvalue weighted by atomic mass is 9.81. The zero-order valence-electron chi connectivity index (χ0n) is 22.0. The van der Waals surface area contributed by atoms with Crippen LogP contribution in [0.4, 0.5) is 17.6 Å². The minimum atomic E-state index is -4.63. The third-order valence-corrected chi connectivity index (χ3v) is 8.47. The third-order valence-electron chi connectivity index (χ3n) is 8.16. The molecule has 2 aliphatic carbocycles. The van der Waals surface area contributed by atoms with Crippen LogP contribution in [0.2, 0.25) is 5.02 Å². The molecular formula is C29H26ClF4N3O5. The lowest BCUT2D eigenvalue weighted by molar-refractivity contribution is -0.160. The van der Waals surface area contributed by atoms with Gasteiger partial charge in [0.2, 0.25) is 5.91 Å². The normalized spacial score (nSPS) is 22.5. The fourth-order valence-electron chi connectivity index (χ4n) is 5.61. The quantitative estimate of drug-likeness (QED) is 0.421. The molecule has 1 atom stereocenters. The van der Waals surface area contributed by atoms with Crippen molar-refractivity contribution < 1.29 is 42.2 Å². The molecule has 222 valence electrons. The number of alkyl halides is 3. The molecule has 0 spiro atoms. The number of allylic oxidation sites excluding steroid dienone is 1. The van der Waals surface area contributed by atoms with E-state index in [1.807, 2.05) is 0 Å². The summed E-state index contributed by atoms with van der Waals surface area (Å²) in [4.78, 5) is 43.5. The van der Waals surface area contributed by atoms with Gasteiger partial charge in [-0.25, -0.2) is 14.2 Å². The Hall–Kier alpha value is -3.77. The van der Waals surface area contributed by atoms with Crippen LogP contribution in [-0.4, -0.2) is 64.0 Å². The molecule has 3 aliphatic rings. The molecule has 0 radical (unpaired) electrons. The van der Waals surface area contributed by atoms with Gasteiger partial charge in [0, 0.05) is 36.7 Å². The number of likely N-dealkylation sites (tertiary alicyclic amines) is 1. The van der Waals surface area contributed by atoms with Crippen molar-refractivity contribution in [1.29, 1.82) is 0 Å². The first-order valence-electron chi connectivity index (χ1n) is 13.2. The molecule has 2 aromatic carbocycles. The maximum absolute atomic E-state index is 14.9. The average molecular weight is 608 g/mol. The highest BCUT2D eigenvalue weighted by molar-refractivity contribution is 6.34. The van der Waals surface area contributed by atoms with Gasteiger partial charge in [-0.05, 0) is 61.1 Å². The minimum Gasteiger partial charge on any atom is -0.478 e. The monoisotopic (exact) mass is 607 g/mol. The fraction of sp³-hybridized carbons (Fsp3) is 0.379. The van der Waals surface area contributed by atoms with Crippen molar-refractivity contribution in [2.24, 2.45) is 16.6 Å². The Balaban J connectivity index is 1.58. The Bertz CT molecular complexity index is 1540. The Kier molecular flexibility index (Phi) is 7.65. The number of hydrogen-bond donors (Lipinski definition) is 3. The van der Waals surface area contributed by atoms with Crippen LogP contribution in [-0.2, 0) is 10.2 Å². The van der Waals surface area contributed by atoms with Crippen molar-refractivity contribution in [3.63, 3.8) is 0 Å². The molecule has 2 aromatic rings. The number of halogens is 5. The number of nitrogens with two attached hydrogens (primary N) is 1. The van der Waals surface area contributed by atoms with Crippen molar-refractivity contribution in [2.45, 2.75) is 49.8 Å². The molecule has 42 heavy (non-hydrogen) atoms. The molecule has 1 saturated heterocycles. The minimum absolute atomic E-state index is 0.00684. The predicted octanol–water partition coefficient (Wildman–Crippen LogP) is 4.73. The standard InChI is InChI=1S/C29H26ClF4N3O5/c30-20-3-1-2-19(28(8-9-28)29(32,33)34)23(20)25(39)36-22-11-14(26(40)37-12-16(38)13-37)4-7-18(22)24(35)17-6-5-15(27(41)42)10-21(17)31/h1-3,5-6,10,14,16,38H,4,7-9,11-13,35H2,(H,41,42). The predicted molar refractivity (Wildman–Crippen MR) is 145 cm³/mol. The van der Waals surface area contributed by atoms with E-state index in [-0.39, 0.29) is 89.8 Å². The first-order chi connectivity index (χ1) is 19.7. The van der Waals surface area contributed by atoms with E-state index in [9.17, 15) is 37.1 Å². The Morgan fingerprint density at radius 2 is 1.81 bits per heavy atom. The van der Waals surface area contributed by atoms with Gasteiger partial charge in [-0.2, -0.15) is 13.2 Å².